The number of carbonyl (C=O) groups is 1. The largest absolute Gasteiger partial charge is 0.313 e. The second-order valence-corrected chi connectivity index (χ2v) is 10.5. The van der Waals surface area contributed by atoms with Crippen LogP contribution >= 0.6 is 11.8 Å². The average Bonchev–Trinajstić information content (AvgIpc) is 3.27. The van der Waals surface area contributed by atoms with Gasteiger partial charge in [-0.2, -0.15) is 0 Å². The standard InChI is InChI=1S/C26H29FN4OS/c1-16(2)25-28-29-26-31(25)30-22(19-12-14-21(27)15-13-19)24(33-26)23(32)20-10-8-18(9-11-20)17-6-4-3-5-7-17/h8-17,22,24,30H,3-7H2,1-2H3/t22-,24+/m0/s1. The lowest BCUT2D eigenvalue weighted by Crippen LogP contribution is -2.39. The minimum absolute atomic E-state index is 0.0392. The van der Waals surface area contributed by atoms with Gasteiger partial charge in [-0.15, -0.1) is 10.2 Å². The van der Waals surface area contributed by atoms with Crippen molar-refractivity contribution in [2.75, 3.05) is 5.43 Å². The Morgan fingerprint density at radius 3 is 2.33 bits per heavy atom. The Balaban J connectivity index is 1.45. The van der Waals surface area contributed by atoms with Crippen LogP contribution in [0.2, 0.25) is 0 Å². The molecule has 0 unspecified atom stereocenters. The van der Waals surface area contributed by atoms with Crippen molar-refractivity contribution in [3.05, 3.63) is 76.9 Å². The zero-order valence-electron chi connectivity index (χ0n) is 19.0. The normalized spacial score (nSPS) is 21.0. The van der Waals surface area contributed by atoms with E-state index in [1.807, 2.05) is 16.8 Å². The summed E-state index contributed by atoms with van der Waals surface area (Å²) in [6, 6.07) is 14.2. The minimum atomic E-state index is -0.437. The SMILES string of the molecule is CC(C)c1nnc2n1N[C@@H](c1ccc(F)cc1)[C@H](C(=O)c1ccc(C3CCCCC3)cc1)S2. The Hall–Kier alpha value is -2.67. The molecule has 0 radical (unpaired) electrons. The highest BCUT2D eigenvalue weighted by atomic mass is 32.2. The van der Waals surface area contributed by atoms with E-state index in [0.717, 1.165) is 11.4 Å². The van der Waals surface area contributed by atoms with Gasteiger partial charge in [-0.05, 0) is 42.0 Å². The maximum absolute atomic E-state index is 13.7. The Bertz CT molecular complexity index is 1120. The third-order valence-electron chi connectivity index (χ3n) is 6.74. The van der Waals surface area contributed by atoms with Crippen LogP contribution in [0.4, 0.5) is 4.39 Å². The van der Waals surface area contributed by atoms with E-state index in [0.29, 0.717) is 16.6 Å². The lowest BCUT2D eigenvalue weighted by Gasteiger charge is -2.33. The van der Waals surface area contributed by atoms with Gasteiger partial charge in [0.2, 0.25) is 5.16 Å². The van der Waals surface area contributed by atoms with Crippen molar-refractivity contribution in [1.29, 1.82) is 0 Å². The summed E-state index contributed by atoms with van der Waals surface area (Å²) >= 11 is 1.42. The van der Waals surface area contributed by atoms with Gasteiger partial charge in [0, 0.05) is 11.5 Å². The molecule has 1 aliphatic carbocycles. The van der Waals surface area contributed by atoms with Crippen LogP contribution in [0, 0.1) is 5.82 Å². The molecule has 0 saturated heterocycles. The highest BCUT2D eigenvalue weighted by Gasteiger charge is 2.38. The fourth-order valence-corrected chi connectivity index (χ4v) is 6.05. The maximum atomic E-state index is 13.7. The van der Waals surface area contributed by atoms with Crippen LogP contribution in [0.5, 0.6) is 0 Å². The predicted molar refractivity (Wildman–Crippen MR) is 129 cm³/mol. The topological polar surface area (TPSA) is 59.8 Å². The number of carbonyl (C=O) groups excluding carboxylic acids is 1. The third-order valence-corrected chi connectivity index (χ3v) is 7.95. The first-order valence-corrected chi connectivity index (χ1v) is 12.7. The van der Waals surface area contributed by atoms with Crippen molar-refractivity contribution < 1.29 is 9.18 Å². The summed E-state index contributed by atoms with van der Waals surface area (Å²) in [7, 11) is 0. The smallest absolute Gasteiger partial charge is 0.210 e. The first-order valence-electron chi connectivity index (χ1n) is 11.8. The number of fused-ring (bicyclic) bond motifs is 1. The molecule has 1 aromatic heterocycles. The molecule has 3 aromatic rings. The fraction of sp³-hybridized carbons (Fsp3) is 0.423. The Morgan fingerprint density at radius 1 is 1.00 bits per heavy atom. The van der Waals surface area contributed by atoms with E-state index < -0.39 is 5.25 Å². The molecular formula is C26H29FN4OS. The lowest BCUT2D eigenvalue weighted by molar-refractivity contribution is 0.0980. The molecule has 0 spiro atoms. The summed E-state index contributed by atoms with van der Waals surface area (Å²) < 4.78 is 15.5. The number of halogens is 1. The molecule has 0 amide bonds. The van der Waals surface area contributed by atoms with E-state index >= 15 is 0 Å². The first-order chi connectivity index (χ1) is 16.0. The van der Waals surface area contributed by atoms with Gasteiger partial charge in [-0.3, -0.25) is 4.79 Å². The molecule has 0 bridgehead atoms. The van der Waals surface area contributed by atoms with Gasteiger partial charge >= 0.3 is 0 Å². The zero-order chi connectivity index (χ0) is 22.9. The van der Waals surface area contributed by atoms with E-state index in [2.05, 4.69) is 41.6 Å². The van der Waals surface area contributed by atoms with Crippen LogP contribution in [-0.2, 0) is 0 Å². The number of nitrogens with one attached hydrogen (secondary N) is 1. The molecule has 5 nitrogen and oxygen atoms in total. The second-order valence-electron chi connectivity index (χ2n) is 9.35. The number of rotatable bonds is 5. The third kappa shape index (κ3) is 4.43. The molecule has 1 aliphatic heterocycles. The van der Waals surface area contributed by atoms with Crippen LogP contribution in [0.15, 0.2) is 53.7 Å². The molecule has 1 N–H and O–H groups in total. The van der Waals surface area contributed by atoms with Crippen molar-refractivity contribution >= 4 is 17.5 Å². The number of thioether (sulfide) groups is 1. The Morgan fingerprint density at radius 2 is 1.67 bits per heavy atom. The summed E-state index contributed by atoms with van der Waals surface area (Å²) in [4.78, 5) is 13.7. The summed E-state index contributed by atoms with van der Waals surface area (Å²) in [5, 5.41) is 8.89. The molecule has 7 heteroatoms. The summed E-state index contributed by atoms with van der Waals surface area (Å²) in [6.45, 7) is 4.11. The van der Waals surface area contributed by atoms with E-state index in [4.69, 9.17) is 0 Å². The lowest BCUT2D eigenvalue weighted by atomic mass is 9.83. The zero-order valence-corrected chi connectivity index (χ0v) is 19.8. The highest BCUT2D eigenvalue weighted by Crippen LogP contribution is 2.40. The van der Waals surface area contributed by atoms with E-state index in [-0.39, 0.29) is 23.6 Å². The van der Waals surface area contributed by atoms with Crippen molar-refractivity contribution in [3.8, 4) is 0 Å². The van der Waals surface area contributed by atoms with E-state index in [1.54, 1.807) is 12.1 Å². The van der Waals surface area contributed by atoms with Gasteiger partial charge in [0.05, 0.1) is 6.04 Å². The number of aromatic nitrogens is 3. The number of Topliss-reactive ketones (excluding diaryl/α,β-unsaturated/α-hetero) is 1. The molecular weight excluding hydrogens is 435 g/mol. The fourth-order valence-electron chi connectivity index (χ4n) is 4.89. The molecule has 2 aliphatic rings. The molecule has 2 atom stereocenters. The molecule has 1 fully saturated rings. The molecule has 2 heterocycles. The van der Waals surface area contributed by atoms with Gasteiger partial charge in [0.1, 0.15) is 11.1 Å². The van der Waals surface area contributed by atoms with Gasteiger partial charge in [-0.1, -0.05) is 81.3 Å². The van der Waals surface area contributed by atoms with Crippen LogP contribution in [0.25, 0.3) is 0 Å². The summed E-state index contributed by atoms with van der Waals surface area (Å²) in [5.74, 6) is 1.34. The van der Waals surface area contributed by atoms with Gasteiger partial charge < -0.3 is 5.43 Å². The maximum Gasteiger partial charge on any atom is 0.210 e. The summed E-state index contributed by atoms with van der Waals surface area (Å²) in [5.41, 5.74) is 6.33. The van der Waals surface area contributed by atoms with Crippen molar-refractivity contribution in [3.63, 3.8) is 0 Å². The van der Waals surface area contributed by atoms with Crippen molar-refractivity contribution in [1.82, 2.24) is 14.9 Å². The number of nitrogens with zero attached hydrogens (tertiary/aromatic N) is 3. The predicted octanol–water partition coefficient (Wildman–Crippen LogP) is 6.23. The highest BCUT2D eigenvalue weighted by molar-refractivity contribution is 8.00. The molecule has 33 heavy (non-hydrogen) atoms. The monoisotopic (exact) mass is 464 g/mol. The molecule has 1 saturated carbocycles. The van der Waals surface area contributed by atoms with E-state index in [1.165, 1.54) is 61.6 Å². The number of benzene rings is 2. The minimum Gasteiger partial charge on any atom is -0.313 e. The van der Waals surface area contributed by atoms with Crippen LogP contribution in [-0.4, -0.2) is 25.9 Å². The number of hydrogen-bond donors (Lipinski definition) is 1. The molecule has 172 valence electrons. The molecule has 5 rings (SSSR count). The van der Waals surface area contributed by atoms with Gasteiger partial charge in [0.15, 0.2) is 11.6 Å². The Labute approximate surface area is 198 Å². The van der Waals surface area contributed by atoms with Gasteiger partial charge in [0.25, 0.3) is 0 Å². The van der Waals surface area contributed by atoms with E-state index in [9.17, 15) is 9.18 Å². The number of ketones is 1. The van der Waals surface area contributed by atoms with Crippen molar-refractivity contribution in [2.45, 2.75) is 74.2 Å². The van der Waals surface area contributed by atoms with Crippen LogP contribution in [0.1, 0.15) is 91.1 Å². The Kier molecular flexibility index (Phi) is 6.23. The number of hydrogen-bond acceptors (Lipinski definition) is 5. The average molecular weight is 465 g/mol. The van der Waals surface area contributed by atoms with Crippen molar-refractivity contribution in [2.24, 2.45) is 0 Å². The van der Waals surface area contributed by atoms with Crippen LogP contribution < -0.4 is 5.43 Å². The summed E-state index contributed by atoms with van der Waals surface area (Å²) in [6.07, 6.45) is 6.36. The molecule has 2 aromatic carbocycles. The first kappa shape index (κ1) is 22.1. The van der Waals surface area contributed by atoms with Crippen LogP contribution in [0.3, 0.4) is 0 Å². The quantitative estimate of drug-likeness (QED) is 0.454. The second kappa shape index (κ2) is 9.29. The van der Waals surface area contributed by atoms with Gasteiger partial charge in [-0.25, -0.2) is 9.07 Å².